The highest BCUT2D eigenvalue weighted by Crippen LogP contribution is 2.27. The van der Waals surface area contributed by atoms with E-state index in [-0.39, 0.29) is 38.4 Å². The van der Waals surface area contributed by atoms with E-state index in [1.54, 1.807) is 7.11 Å². The molecule has 0 radical (unpaired) electrons. The van der Waals surface area contributed by atoms with Crippen LogP contribution in [-0.4, -0.2) is 86.0 Å². The first kappa shape index (κ1) is 31.8. The standard InChI is InChI=1S/C39H39N3O6/c1-45-34-16-6-7-17-35(34)46-21-20-42(22-26(43)24-47-36-18-8-14-32-38(36)28-10-2-4-12-30(28)40-32)23-27(44)25-48-37-19-9-15-33-39(37)29-11-3-5-13-31(29)41-33/h2-19,26-27,32,37,43-44H,20-25H2,1H3/t26-,27-,32-,37-/m0/s1. The van der Waals surface area contributed by atoms with E-state index in [1.165, 1.54) is 0 Å². The normalized spacial score (nSPS) is 19.7. The highest BCUT2D eigenvalue weighted by Gasteiger charge is 2.27. The fourth-order valence-corrected chi connectivity index (χ4v) is 6.49. The van der Waals surface area contributed by atoms with Gasteiger partial charge < -0.3 is 29.2 Å². The van der Waals surface area contributed by atoms with Gasteiger partial charge in [-0.2, -0.15) is 0 Å². The molecule has 2 N–H and O–H groups in total. The minimum Gasteiger partial charge on any atom is -0.493 e. The second-order valence-electron chi connectivity index (χ2n) is 12.0. The van der Waals surface area contributed by atoms with Crippen LogP contribution in [0.5, 0.6) is 11.5 Å². The number of fused-ring (bicyclic) bond motifs is 4. The first-order valence-corrected chi connectivity index (χ1v) is 16.3. The zero-order valence-electron chi connectivity index (χ0n) is 26.8. The molecule has 2 aliphatic heterocycles. The molecule has 0 saturated carbocycles. The van der Waals surface area contributed by atoms with Crippen molar-refractivity contribution in [1.82, 2.24) is 4.90 Å². The third-order valence-corrected chi connectivity index (χ3v) is 8.68. The van der Waals surface area contributed by atoms with E-state index in [4.69, 9.17) is 28.9 Å². The molecule has 3 aromatic carbocycles. The van der Waals surface area contributed by atoms with E-state index in [2.05, 4.69) is 0 Å². The summed E-state index contributed by atoms with van der Waals surface area (Å²) in [5.41, 5.74) is 2.92. The number of aliphatic hydroxyl groups is 2. The summed E-state index contributed by atoms with van der Waals surface area (Å²) >= 11 is 0. The first-order chi connectivity index (χ1) is 23.6. The van der Waals surface area contributed by atoms with Crippen molar-refractivity contribution < 1.29 is 29.2 Å². The predicted molar refractivity (Wildman–Crippen MR) is 182 cm³/mol. The Morgan fingerprint density at radius 3 is 2.25 bits per heavy atom. The molecule has 0 aromatic heterocycles. The Kier molecular flexibility index (Phi) is 9.62. The summed E-state index contributed by atoms with van der Waals surface area (Å²) in [5, 5.41) is 26.3. The SMILES string of the molecule is COc1ccccc1OCCN(C[C@H](O)COC1=CC=C[C@@H]2N=c3ccccc3=C12)C[C@H](O)CO[C@H]1C=CC=C2N=c3ccccc3=C21. The lowest BCUT2D eigenvalue weighted by atomic mass is 10.00. The monoisotopic (exact) mass is 645 g/mol. The van der Waals surface area contributed by atoms with Crippen LogP contribution in [0.15, 0.2) is 131 Å². The van der Waals surface area contributed by atoms with E-state index in [1.807, 2.05) is 114 Å². The Morgan fingerprint density at radius 2 is 1.44 bits per heavy atom. The van der Waals surface area contributed by atoms with Crippen molar-refractivity contribution in [3.8, 4) is 11.5 Å². The van der Waals surface area contributed by atoms with Crippen LogP contribution in [0.3, 0.4) is 0 Å². The largest absolute Gasteiger partial charge is 0.493 e. The second kappa shape index (κ2) is 14.5. The second-order valence-corrected chi connectivity index (χ2v) is 12.0. The maximum Gasteiger partial charge on any atom is 0.161 e. The predicted octanol–water partition coefficient (Wildman–Crippen LogP) is 1.74. The van der Waals surface area contributed by atoms with Gasteiger partial charge >= 0.3 is 0 Å². The van der Waals surface area contributed by atoms with Crippen LogP contribution in [0, 0.1) is 0 Å². The van der Waals surface area contributed by atoms with Crippen LogP contribution in [0.1, 0.15) is 0 Å². The molecule has 4 atom stereocenters. The van der Waals surface area contributed by atoms with Crippen molar-refractivity contribution in [2.45, 2.75) is 24.4 Å². The zero-order chi connectivity index (χ0) is 32.9. The Hall–Kier alpha value is -4.80. The van der Waals surface area contributed by atoms with Gasteiger partial charge in [0.1, 0.15) is 31.2 Å². The number of ether oxygens (including phenoxy) is 4. The molecule has 2 aliphatic carbocycles. The molecule has 9 nitrogen and oxygen atoms in total. The molecule has 7 rings (SSSR count). The summed E-state index contributed by atoms with van der Waals surface area (Å²) in [7, 11) is 1.61. The molecule has 0 bridgehead atoms. The third kappa shape index (κ3) is 6.90. The maximum absolute atomic E-state index is 11.2. The topological polar surface area (TPSA) is 105 Å². The molecule has 0 unspecified atom stereocenters. The van der Waals surface area contributed by atoms with E-state index >= 15 is 0 Å². The smallest absolute Gasteiger partial charge is 0.161 e. The molecule has 0 saturated heterocycles. The van der Waals surface area contributed by atoms with Gasteiger partial charge in [0.25, 0.3) is 0 Å². The summed E-state index contributed by atoms with van der Waals surface area (Å²) in [6, 6.07) is 23.4. The lowest BCUT2D eigenvalue weighted by Gasteiger charge is -2.28. The molecular weight excluding hydrogens is 606 g/mol. The van der Waals surface area contributed by atoms with Gasteiger partial charge in [0.05, 0.1) is 42.3 Å². The van der Waals surface area contributed by atoms with Crippen molar-refractivity contribution in [2.75, 3.05) is 46.6 Å². The average molecular weight is 646 g/mol. The first-order valence-electron chi connectivity index (χ1n) is 16.3. The minimum absolute atomic E-state index is 0.0811. The summed E-state index contributed by atoms with van der Waals surface area (Å²) in [4.78, 5) is 11.5. The molecule has 3 aromatic rings. The van der Waals surface area contributed by atoms with E-state index in [0.717, 1.165) is 38.0 Å². The van der Waals surface area contributed by atoms with Crippen molar-refractivity contribution >= 4 is 11.1 Å². The molecule has 246 valence electrons. The Balaban J connectivity index is 0.997. The van der Waals surface area contributed by atoms with Gasteiger partial charge in [-0.15, -0.1) is 0 Å². The number of aliphatic hydroxyl groups excluding tert-OH is 2. The maximum atomic E-state index is 11.2. The van der Waals surface area contributed by atoms with Gasteiger partial charge in [0.2, 0.25) is 0 Å². The van der Waals surface area contributed by atoms with Crippen LogP contribution in [0.25, 0.3) is 11.1 Å². The van der Waals surface area contributed by atoms with Gasteiger partial charge in [0.15, 0.2) is 11.5 Å². The van der Waals surface area contributed by atoms with Crippen molar-refractivity contribution in [1.29, 1.82) is 0 Å². The molecule has 0 fully saturated rings. The fraction of sp³-hybridized carbons (Fsp3) is 0.282. The van der Waals surface area contributed by atoms with Gasteiger partial charge in [-0.05, 0) is 36.4 Å². The van der Waals surface area contributed by atoms with Crippen LogP contribution >= 0.6 is 0 Å². The molecule has 9 heteroatoms. The molecule has 48 heavy (non-hydrogen) atoms. The van der Waals surface area contributed by atoms with Crippen LogP contribution in [-0.2, 0) is 9.47 Å². The van der Waals surface area contributed by atoms with Crippen molar-refractivity contribution in [2.24, 2.45) is 9.98 Å². The molecular formula is C39H39N3O6. The van der Waals surface area contributed by atoms with Gasteiger partial charge in [-0.1, -0.05) is 72.8 Å². The number of hydrogen-bond donors (Lipinski definition) is 2. The summed E-state index contributed by atoms with van der Waals surface area (Å²) in [5.74, 6) is 1.98. The average Bonchev–Trinajstić information content (AvgIpc) is 3.69. The van der Waals surface area contributed by atoms with E-state index in [0.29, 0.717) is 30.4 Å². The zero-order valence-corrected chi connectivity index (χ0v) is 26.8. The van der Waals surface area contributed by atoms with Gasteiger partial charge in [0, 0.05) is 41.2 Å². The van der Waals surface area contributed by atoms with Crippen molar-refractivity contribution in [3.63, 3.8) is 0 Å². The van der Waals surface area contributed by atoms with Gasteiger partial charge in [-0.25, -0.2) is 4.99 Å². The number of para-hydroxylation sites is 4. The minimum atomic E-state index is -0.829. The van der Waals surface area contributed by atoms with Gasteiger partial charge in [-0.3, -0.25) is 9.89 Å². The van der Waals surface area contributed by atoms with Crippen LogP contribution < -0.4 is 30.6 Å². The van der Waals surface area contributed by atoms with Crippen molar-refractivity contribution in [3.05, 3.63) is 142 Å². The number of allylic oxidation sites excluding steroid dienone is 4. The van der Waals surface area contributed by atoms with E-state index < -0.39 is 12.2 Å². The molecule has 2 heterocycles. The van der Waals surface area contributed by atoms with E-state index in [9.17, 15) is 10.2 Å². The Labute approximate surface area is 279 Å². The number of hydrogen-bond acceptors (Lipinski definition) is 9. The summed E-state index contributed by atoms with van der Waals surface area (Å²) in [6.45, 7) is 1.48. The Morgan fingerprint density at radius 1 is 0.750 bits per heavy atom. The highest BCUT2D eigenvalue weighted by atomic mass is 16.5. The van der Waals surface area contributed by atoms with Crippen LogP contribution in [0.4, 0.5) is 0 Å². The summed E-state index contributed by atoms with van der Waals surface area (Å²) in [6.07, 6.45) is 9.85. The van der Waals surface area contributed by atoms with Crippen LogP contribution in [0.2, 0.25) is 0 Å². The molecule has 0 amide bonds. The number of rotatable bonds is 15. The third-order valence-electron chi connectivity index (χ3n) is 8.68. The molecule has 4 aliphatic rings. The lowest BCUT2D eigenvalue weighted by molar-refractivity contribution is -0.00785. The fourth-order valence-electron chi connectivity index (χ4n) is 6.49. The lowest BCUT2D eigenvalue weighted by Crippen LogP contribution is -2.43. The summed E-state index contributed by atoms with van der Waals surface area (Å²) < 4.78 is 23.9. The number of nitrogens with zero attached hydrogens (tertiary/aromatic N) is 3. The number of methoxy groups -OCH3 is 1. The number of benzene rings is 3. The Bertz CT molecular complexity index is 2030. The highest BCUT2D eigenvalue weighted by molar-refractivity contribution is 5.73. The molecule has 0 spiro atoms. The quantitative estimate of drug-likeness (QED) is 0.260.